The lowest BCUT2D eigenvalue weighted by Gasteiger charge is -2.16. The van der Waals surface area contributed by atoms with Gasteiger partial charge < -0.3 is 5.73 Å². The summed E-state index contributed by atoms with van der Waals surface area (Å²) in [6.45, 7) is 5.58. The Morgan fingerprint density at radius 2 is 1.62 bits per heavy atom. The normalized spacial score (nSPS) is 13.1. The van der Waals surface area contributed by atoms with Gasteiger partial charge in [0.1, 0.15) is 4.90 Å². The molecule has 0 aliphatic heterocycles. The molecule has 0 fully saturated rings. The van der Waals surface area contributed by atoms with Crippen LogP contribution < -0.4 is 10.5 Å². The number of rotatable bonds is 4. The maximum absolute atomic E-state index is 12.5. The van der Waals surface area contributed by atoms with Crippen LogP contribution in [0, 0.1) is 13.8 Å². The lowest BCUT2D eigenvalue weighted by Crippen LogP contribution is -2.27. The van der Waals surface area contributed by atoms with Gasteiger partial charge in [0, 0.05) is 6.04 Å². The highest BCUT2D eigenvalue weighted by Gasteiger charge is 2.21. The van der Waals surface area contributed by atoms with Gasteiger partial charge in [-0.3, -0.25) is 0 Å². The van der Waals surface area contributed by atoms with Crippen molar-refractivity contribution in [3.8, 4) is 0 Å². The summed E-state index contributed by atoms with van der Waals surface area (Å²) in [5, 5.41) is 0. The molecule has 112 valence electrons. The highest BCUT2D eigenvalue weighted by Crippen LogP contribution is 2.24. The Bertz CT molecular complexity index is 740. The maximum Gasteiger partial charge on any atom is 0.243 e. The van der Waals surface area contributed by atoms with Crippen molar-refractivity contribution in [2.45, 2.75) is 31.7 Å². The minimum Gasteiger partial charge on any atom is -0.398 e. The van der Waals surface area contributed by atoms with E-state index in [1.807, 2.05) is 51.1 Å². The lowest BCUT2D eigenvalue weighted by atomic mass is 10.1. The van der Waals surface area contributed by atoms with Gasteiger partial charge in [-0.15, -0.1) is 0 Å². The number of benzene rings is 2. The topological polar surface area (TPSA) is 72.2 Å². The van der Waals surface area contributed by atoms with Gasteiger partial charge in [0.2, 0.25) is 10.0 Å². The predicted molar refractivity (Wildman–Crippen MR) is 85.5 cm³/mol. The van der Waals surface area contributed by atoms with E-state index in [2.05, 4.69) is 4.72 Å². The molecule has 0 radical (unpaired) electrons. The number of nitrogen functional groups attached to an aromatic ring is 1. The molecule has 4 nitrogen and oxygen atoms in total. The van der Waals surface area contributed by atoms with Crippen LogP contribution in [0.5, 0.6) is 0 Å². The summed E-state index contributed by atoms with van der Waals surface area (Å²) in [5.74, 6) is 0. The molecule has 0 bridgehead atoms. The fourth-order valence-corrected chi connectivity index (χ4v) is 3.58. The van der Waals surface area contributed by atoms with Gasteiger partial charge in [0.15, 0.2) is 0 Å². The van der Waals surface area contributed by atoms with E-state index in [-0.39, 0.29) is 16.6 Å². The number of nitrogens with two attached hydrogens (primary N) is 1. The molecule has 1 unspecified atom stereocenters. The highest BCUT2D eigenvalue weighted by molar-refractivity contribution is 7.89. The Morgan fingerprint density at radius 1 is 1.05 bits per heavy atom. The summed E-state index contributed by atoms with van der Waals surface area (Å²) in [4.78, 5) is 0.133. The number of anilines is 1. The molecule has 5 heteroatoms. The molecule has 1 atom stereocenters. The van der Waals surface area contributed by atoms with Crippen LogP contribution in [0.15, 0.2) is 47.4 Å². The van der Waals surface area contributed by atoms with Crippen LogP contribution in [0.2, 0.25) is 0 Å². The van der Waals surface area contributed by atoms with Crippen molar-refractivity contribution in [3.63, 3.8) is 0 Å². The van der Waals surface area contributed by atoms with E-state index in [0.29, 0.717) is 0 Å². The average molecular weight is 304 g/mol. The summed E-state index contributed by atoms with van der Waals surface area (Å²) in [5.41, 5.74) is 8.92. The third-order valence-corrected chi connectivity index (χ3v) is 5.14. The van der Waals surface area contributed by atoms with Crippen LogP contribution in [0.4, 0.5) is 5.69 Å². The minimum absolute atomic E-state index is 0.133. The van der Waals surface area contributed by atoms with E-state index in [9.17, 15) is 8.42 Å². The summed E-state index contributed by atoms with van der Waals surface area (Å²) in [6, 6.07) is 12.4. The first kappa shape index (κ1) is 15.5. The molecule has 2 aromatic carbocycles. The maximum atomic E-state index is 12.5. The van der Waals surface area contributed by atoms with Gasteiger partial charge in [0.05, 0.1) is 5.69 Å². The molecule has 0 spiro atoms. The Morgan fingerprint density at radius 3 is 2.24 bits per heavy atom. The van der Waals surface area contributed by atoms with Gasteiger partial charge in [0.25, 0.3) is 0 Å². The van der Waals surface area contributed by atoms with Gasteiger partial charge in [-0.1, -0.05) is 30.3 Å². The Hall–Kier alpha value is -1.85. The SMILES string of the molecule is Cc1cc(N)c(S(=O)(=O)NC(C)c2ccccc2)cc1C. The van der Waals surface area contributed by atoms with Crippen LogP contribution in [-0.2, 0) is 10.0 Å². The second kappa shape index (κ2) is 5.87. The van der Waals surface area contributed by atoms with E-state index in [4.69, 9.17) is 5.73 Å². The first-order valence-corrected chi connectivity index (χ1v) is 8.23. The molecule has 0 saturated carbocycles. The summed E-state index contributed by atoms with van der Waals surface area (Å²) in [7, 11) is -3.65. The number of nitrogens with one attached hydrogen (secondary N) is 1. The molecule has 2 rings (SSSR count). The zero-order valence-electron chi connectivity index (χ0n) is 12.4. The number of hydrogen-bond donors (Lipinski definition) is 2. The number of hydrogen-bond acceptors (Lipinski definition) is 3. The van der Waals surface area contributed by atoms with Crippen molar-refractivity contribution >= 4 is 15.7 Å². The van der Waals surface area contributed by atoms with Crippen LogP contribution in [-0.4, -0.2) is 8.42 Å². The first-order valence-electron chi connectivity index (χ1n) is 6.75. The zero-order valence-corrected chi connectivity index (χ0v) is 13.2. The molecule has 21 heavy (non-hydrogen) atoms. The van der Waals surface area contributed by atoms with Crippen LogP contribution in [0.3, 0.4) is 0 Å². The number of aryl methyl sites for hydroxylation is 2. The molecule has 0 aliphatic carbocycles. The number of sulfonamides is 1. The lowest BCUT2D eigenvalue weighted by molar-refractivity contribution is 0.567. The van der Waals surface area contributed by atoms with E-state index in [1.54, 1.807) is 12.1 Å². The van der Waals surface area contributed by atoms with Crippen molar-refractivity contribution in [2.75, 3.05) is 5.73 Å². The van der Waals surface area contributed by atoms with E-state index >= 15 is 0 Å². The molecule has 2 aromatic rings. The highest BCUT2D eigenvalue weighted by atomic mass is 32.2. The van der Waals surface area contributed by atoms with Crippen molar-refractivity contribution in [3.05, 3.63) is 59.2 Å². The van der Waals surface area contributed by atoms with Crippen molar-refractivity contribution in [1.29, 1.82) is 0 Å². The molecule has 3 N–H and O–H groups in total. The molecule has 0 amide bonds. The Kier molecular flexibility index (Phi) is 4.34. The van der Waals surface area contributed by atoms with Crippen LogP contribution in [0.25, 0.3) is 0 Å². The molecular weight excluding hydrogens is 284 g/mol. The third-order valence-electron chi connectivity index (χ3n) is 3.55. The second-order valence-corrected chi connectivity index (χ2v) is 6.91. The van der Waals surface area contributed by atoms with Gasteiger partial charge in [-0.05, 0) is 49.6 Å². The monoisotopic (exact) mass is 304 g/mol. The molecule has 0 aromatic heterocycles. The van der Waals surface area contributed by atoms with Crippen LogP contribution >= 0.6 is 0 Å². The predicted octanol–water partition coefficient (Wildman–Crippen LogP) is 2.93. The zero-order chi connectivity index (χ0) is 15.6. The second-order valence-electron chi connectivity index (χ2n) is 5.23. The molecule has 0 saturated heterocycles. The van der Waals surface area contributed by atoms with Crippen molar-refractivity contribution < 1.29 is 8.42 Å². The van der Waals surface area contributed by atoms with Gasteiger partial charge in [-0.25, -0.2) is 13.1 Å². The first-order chi connectivity index (χ1) is 9.81. The quantitative estimate of drug-likeness (QED) is 0.853. The largest absolute Gasteiger partial charge is 0.398 e. The van der Waals surface area contributed by atoms with E-state index in [1.165, 1.54) is 0 Å². The average Bonchev–Trinajstić information content (AvgIpc) is 2.43. The Labute approximate surface area is 126 Å². The standard InChI is InChI=1S/C16H20N2O2S/c1-11-9-15(17)16(10-12(11)2)21(19,20)18-13(3)14-7-5-4-6-8-14/h4-10,13,18H,17H2,1-3H3. The molecule has 0 aliphatic rings. The van der Waals surface area contributed by atoms with Crippen molar-refractivity contribution in [1.82, 2.24) is 4.72 Å². The van der Waals surface area contributed by atoms with E-state index < -0.39 is 10.0 Å². The summed E-state index contributed by atoms with van der Waals surface area (Å²) in [6.07, 6.45) is 0. The van der Waals surface area contributed by atoms with Gasteiger partial charge in [-0.2, -0.15) is 0 Å². The molecule has 0 heterocycles. The molecular formula is C16H20N2O2S. The van der Waals surface area contributed by atoms with E-state index in [0.717, 1.165) is 16.7 Å². The van der Waals surface area contributed by atoms with Gasteiger partial charge >= 0.3 is 0 Å². The third kappa shape index (κ3) is 3.43. The minimum atomic E-state index is -3.65. The van der Waals surface area contributed by atoms with Crippen LogP contribution in [0.1, 0.15) is 29.7 Å². The Balaban J connectivity index is 2.33. The smallest absolute Gasteiger partial charge is 0.243 e. The fourth-order valence-electron chi connectivity index (χ4n) is 2.15. The fraction of sp³-hybridized carbons (Fsp3) is 0.250. The van der Waals surface area contributed by atoms with Crippen molar-refractivity contribution in [2.24, 2.45) is 0 Å². The summed E-state index contributed by atoms with van der Waals surface area (Å²) >= 11 is 0. The summed E-state index contributed by atoms with van der Waals surface area (Å²) < 4.78 is 27.7.